The number of rotatable bonds is 2. The molecule has 15 heavy (non-hydrogen) atoms. The maximum absolute atomic E-state index is 9.38. The van der Waals surface area contributed by atoms with Crippen LogP contribution >= 0.6 is 0 Å². The lowest BCUT2D eigenvalue weighted by molar-refractivity contribution is 0.338. The Hall–Kier alpha value is -1.23. The van der Waals surface area contributed by atoms with E-state index in [1.165, 1.54) is 31.2 Å². The number of nitriles is 1. The van der Waals surface area contributed by atoms with Gasteiger partial charge < -0.3 is 4.42 Å². The third-order valence-corrected chi connectivity index (χ3v) is 3.42. The van der Waals surface area contributed by atoms with Crippen LogP contribution in [0.15, 0.2) is 23.0 Å². The van der Waals surface area contributed by atoms with Crippen molar-refractivity contribution in [1.82, 2.24) is 0 Å². The Kier molecular flexibility index (Phi) is 3.11. The fourth-order valence-electron chi connectivity index (χ4n) is 2.52. The molecule has 1 aliphatic carbocycles. The second-order valence-corrected chi connectivity index (χ2v) is 4.61. The normalized spacial score (nSPS) is 20.5. The molecule has 1 fully saturated rings. The highest BCUT2D eigenvalue weighted by Gasteiger charge is 2.31. The molecule has 2 rings (SSSR count). The lowest BCUT2D eigenvalue weighted by Gasteiger charge is -2.23. The smallest absolute Gasteiger partial charge is 0.0935 e. The van der Waals surface area contributed by atoms with Gasteiger partial charge in [-0.2, -0.15) is 5.26 Å². The van der Waals surface area contributed by atoms with Crippen LogP contribution in [0.4, 0.5) is 0 Å². The van der Waals surface area contributed by atoms with Crippen molar-refractivity contribution in [2.75, 3.05) is 0 Å². The van der Waals surface area contributed by atoms with Crippen molar-refractivity contribution < 1.29 is 4.42 Å². The molecule has 80 valence electrons. The summed E-state index contributed by atoms with van der Waals surface area (Å²) in [5, 5.41) is 9.38. The molecule has 0 aliphatic heterocycles. The second kappa shape index (κ2) is 4.53. The van der Waals surface area contributed by atoms with Crippen molar-refractivity contribution in [3.8, 4) is 6.07 Å². The van der Waals surface area contributed by atoms with Crippen LogP contribution in [-0.4, -0.2) is 0 Å². The van der Waals surface area contributed by atoms with Gasteiger partial charge in [0.15, 0.2) is 0 Å². The highest BCUT2D eigenvalue weighted by molar-refractivity contribution is 5.14. The molecule has 0 saturated heterocycles. The first-order valence-electron chi connectivity index (χ1n) is 5.77. The van der Waals surface area contributed by atoms with Crippen LogP contribution in [-0.2, 0) is 6.42 Å². The van der Waals surface area contributed by atoms with Gasteiger partial charge in [-0.25, -0.2) is 0 Å². The number of nitrogens with zero attached hydrogens (tertiary/aromatic N) is 1. The van der Waals surface area contributed by atoms with Crippen LogP contribution in [0.25, 0.3) is 0 Å². The molecule has 1 aromatic rings. The zero-order valence-electron chi connectivity index (χ0n) is 9.04. The summed E-state index contributed by atoms with van der Waals surface area (Å²) in [4.78, 5) is 0. The monoisotopic (exact) mass is 203 g/mol. The SMILES string of the molecule is N#CC1(Cc2ccoc2)CCCCCC1. The summed E-state index contributed by atoms with van der Waals surface area (Å²) < 4.78 is 5.07. The van der Waals surface area contributed by atoms with Crippen LogP contribution in [0.1, 0.15) is 44.1 Å². The standard InChI is InChI=1S/C13H17NO/c14-11-13(6-3-1-2-4-7-13)9-12-5-8-15-10-12/h5,8,10H,1-4,6-7,9H2. The summed E-state index contributed by atoms with van der Waals surface area (Å²) in [7, 11) is 0. The predicted molar refractivity (Wildman–Crippen MR) is 58.2 cm³/mol. The summed E-state index contributed by atoms with van der Waals surface area (Å²) in [5.41, 5.74) is 1.04. The summed E-state index contributed by atoms with van der Waals surface area (Å²) >= 11 is 0. The Morgan fingerprint density at radius 1 is 1.27 bits per heavy atom. The van der Waals surface area contributed by atoms with Crippen LogP contribution in [0.5, 0.6) is 0 Å². The quantitative estimate of drug-likeness (QED) is 0.687. The number of furan rings is 1. The number of hydrogen-bond acceptors (Lipinski definition) is 2. The Morgan fingerprint density at radius 3 is 2.53 bits per heavy atom. The van der Waals surface area contributed by atoms with E-state index < -0.39 is 0 Å². The van der Waals surface area contributed by atoms with Crippen LogP contribution in [0.2, 0.25) is 0 Å². The molecule has 1 aliphatic rings. The minimum atomic E-state index is -0.125. The minimum Gasteiger partial charge on any atom is -0.472 e. The van der Waals surface area contributed by atoms with E-state index in [4.69, 9.17) is 4.42 Å². The maximum Gasteiger partial charge on any atom is 0.0935 e. The molecule has 0 radical (unpaired) electrons. The summed E-state index contributed by atoms with van der Waals surface area (Å²) in [5.74, 6) is 0. The van der Waals surface area contributed by atoms with E-state index in [0.29, 0.717) is 0 Å². The van der Waals surface area contributed by atoms with Crippen LogP contribution in [0, 0.1) is 16.7 Å². The number of hydrogen-bond donors (Lipinski definition) is 0. The van der Waals surface area contributed by atoms with Gasteiger partial charge in [0.2, 0.25) is 0 Å². The first kappa shape index (κ1) is 10.3. The molecule has 1 heterocycles. The predicted octanol–water partition coefficient (Wildman–Crippen LogP) is 3.69. The van der Waals surface area contributed by atoms with Gasteiger partial charge in [-0.3, -0.25) is 0 Å². The molecular formula is C13H17NO. The fraction of sp³-hybridized carbons (Fsp3) is 0.615. The Labute approximate surface area is 90.9 Å². The highest BCUT2D eigenvalue weighted by Crippen LogP contribution is 2.37. The molecule has 2 nitrogen and oxygen atoms in total. The molecule has 0 amide bonds. The molecule has 0 bridgehead atoms. The zero-order valence-corrected chi connectivity index (χ0v) is 9.04. The molecule has 1 saturated carbocycles. The Morgan fingerprint density at radius 2 is 2.00 bits per heavy atom. The van der Waals surface area contributed by atoms with E-state index in [9.17, 15) is 5.26 Å². The van der Waals surface area contributed by atoms with Gasteiger partial charge in [0.25, 0.3) is 0 Å². The van der Waals surface area contributed by atoms with Gasteiger partial charge in [0.05, 0.1) is 24.0 Å². The lowest BCUT2D eigenvalue weighted by atomic mass is 9.77. The molecule has 0 N–H and O–H groups in total. The Bertz CT molecular complexity index is 326. The molecule has 0 aromatic carbocycles. The minimum absolute atomic E-state index is 0.125. The van der Waals surface area contributed by atoms with Gasteiger partial charge in [-0.1, -0.05) is 25.7 Å². The van der Waals surface area contributed by atoms with E-state index in [1.54, 1.807) is 12.5 Å². The van der Waals surface area contributed by atoms with Gasteiger partial charge in [0.1, 0.15) is 0 Å². The fourth-order valence-corrected chi connectivity index (χ4v) is 2.52. The summed E-state index contributed by atoms with van der Waals surface area (Å²) in [6.07, 6.45) is 11.4. The molecular weight excluding hydrogens is 186 g/mol. The highest BCUT2D eigenvalue weighted by atomic mass is 16.3. The third-order valence-electron chi connectivity index (χ3n) is 3.42. The molecule has 2 heteroatoms. The van der Waals surface area contributed by atoms with E-state index in [-0.39, 0.29) is 5.41 Å². The molecule has 0 atom stereocenters. The van der Waals surface area contributed by atoms with Crippen LogP contribution in [0.3, 0.4) is 0 Å². The summed E-state index contributed by atoms with van der Waals surface area (Å²) in [6.45, 7) is 0. The topological polar surface area (TPSA) is 36.9 Å². The Balaban J connectivity index is 2.10. The summed E-state index contributed by atoms with van der Waals surface area (Å²) in [6, 6.07) is 4.53. The van der Waals surface area contributed by atoms with Crippen molar-refractivity contribution in [2.45, 2.75) is 44.9 Å². The van der Waals surface area contributed by atoms with E-state index >= 15 is 0 Å². The van der Waals surface area contributed by atoms with Gasteiger partial charge in [-0.15, -0.1) is 0 Å². The molecule has 0 spiro atoms. The van der Waals surface area contributed by atoms with Crippen molar-refractivity contribution in [2.24, 2.45) is 5.41 Å². The molecule has 1 aromatic heterocycles. The van der Waals surface area contributed by atoms with Gasteiger partial charge in [0, 0.05) is 0 Å². The largest absolute Gasteiger partial charge is 0.472 e. The second-order valence-electron chi connectivity index (χ2n) is 4.61. The molecule has 0 unspecified atom stereocenters. The average molecular weight is 203 g/mol. The van der Waals surface area contributed by atoms with Crippen molar-refractivity contribution in [3.63, 3.8) is 0 Å². The lowest BCUT2D eigenvalue weighted by Crippen LogP contribution is -2.20. The van der Waals surface area contributed by atoms with Crippen LogP contribution < -0.4 is 0 Å². The zero-order chi connectivity index (χ0) is 10.6. The third kappa shape index (κ3) is 2.41. The van der Waals surface area contributed by atoms with E-state index in [0.717, 1.165) is 19.3 Å². The van der Waals surface area contributed by atoms with E-state index in [1.807, 2.05) is 6.07 Å². The van der Waals surface area contributed by atoms with Gasteiger partial charge in [-0.05, 0) is 30.9 Å². The first-order valence-corrected chi connectivity index (χ1v) is 5.77. The van der Waals surface area contributed by atoms with Crippen molar-refractivity contribution >= 4 is 0 Å². The maximum atomic E-state index is 9.38. The first-order chi connectivity index (χ1) is 7.35. The average Bonchev–Trinajstić information content (AvgIpc) is 2.64. The van der Waals surface area contributed by atoms with Crippen molar-refractivity contribution in [1.29, 1.82) is 5.26 Å². The van der Waals surface area contributed by atoms with Gasteiger partial charge >= 0.3 is 0 Å². The van der Waals surface area contributed by atoms with Crippen molar-refractivity contribution in [3.05, 3.63) is 24.2 Å². The van der Waals surface area contributed by atoms with E-state index in [2.05, 4.69) is 6.07 Å².